The Kier molecular flexibility index (Phi) is 8.38. The first kappa shape index (κ1) is 30.5. The van der Waals surface area contributed by atoms with E-state index in [4.69, 9.17) is 0 Å². The van der Waals surface area contributed by atoms with E-state index >= 15 is 0 Å². The lowest BCUT2D eigenvalue weighted by Crippen LogP contribution is -2.55. The summed E-state index contributed by atoms with van der Waals surface area (Å²) < 4.78 is 27.8. The predicted octanol–water partition coefficient (Wildman–Crippen LogP) is 7.67. The van der Waals surface area contributed by atoms with Gasteiger partial charge >= 0.3 is 0 Å². The van der Waals surface area contributed by atoms with Crippen LogP contribution >= 0.6 is 0 Å². The molecule has 1 aromatic carbocycles. The maximum absolute atomic E-state index is 13.9. The molecule has 5 rings (SSSR count). The van der Waals surface area contributed by atoms with E-state index in [2.05, 4.69) is 20.8 Å². The van der Waals surface area contributed by atoms with E-state index in [-0.39, 0.29) is 11.3 Å². The van der Waals surface area contributed by atoms with E-state index in [1.165, 1.54) is 38.5 Å². The standard InChI is InChI=1S/C35H56O4S/c1-23(2)32(36)21-27(40(38,39)26-10-8-7-9-11-26)20-24(3)29-14-15-30-28-13-12-25-22-33(4,37)18-19-34(25,5)31(28)16-17-35(29,30)6/h7-11,23-25,27-32,36-37H,12-22H2,1-6H3/t24-,25+,27?,28+,29-,30+,31+,32-,33+,34+,35-/m1/s1. The molecule has 0 radical (unpaired) electrons. The third-order valence-electron chi connectivity index (χ3n) is 13.1. The lowest BCUT2D eigenvalue weighted by atomic mass is 9.43. The molecule has 0 aromatic heterocycles. The third-order valence-corrected chi connectivity index (χ3v) is 15.3. The summed E-state index contributed by atoms with van der Waals surface area (Å²) in [6.07, 6.45) is 10.9. The van der Waals surface area contributed by atoms with Crippen molar-refractivity contribution in [2.45, 2.75) is 134 Å². The normalized spacial score (nSPS) is 42.0. The topological polar surface area (TPSA) is 74.6 Å². The molecular weight excluding hydrogens is 516 g/mol. The van der Waals surface area contributed by atoms with Crippen molar-refractivity contribution < 1.29 is 18.6 Å². The van der Waals surface area contributed by atoms with Crippen molar-refractivity contribution in [3.05, 3.63) is 30.3 Å². The van der Waals surface area contributed by atoms with Crippen molar-refractivity contribution in [1.82, 2.24) is 0 Å². The fourth-order valence-corrected chi connectivity index (χ4v) is 12.6. The van der Waals surface area contributed by atoms with E-state index in [9.17, 15) is 18.6 Å². The Morgan fingerprint density at radius 2 is 1.52 bits per heavy atom. The zero-order chi connectivity index (χ0) is 29.1. The smallest absolute Gasteiger partial charge is 0.181 e. The second-order valence-corrected chi connectivity index (χ2v) is 18.1. The molecule has 1 unspecified atom stereocenters. The van der Waals surface area contributed by atoms with Gasteiger partial charge in [-0.2, -0.15) is 0 Å². The van der Waals surface area contributed by atoms with Crippen molar-refractivity contribution in [1.29, 1.82) is 0 Å². The fourth-order valence-electron chi connectivity index (χ4n) is 10.7. The number of fused-ring (bicyclic) bond motifs is 5. The van der Waals surface area contributed by atoms with Crippen LogP contribution < -0.4 is 0 Å². The molecule has 0 spiro atoms. The van der Waals surface area contributed by atoms with Crippen molar-refractivity contribution in [2.24, 2.45) is 52.3 Å². The average molecular weight is 573 g/mol. The molecule has 0 bridgehead atoms. The minimum absolute atomic E-state index is 0.0346. The summed E-state index contributed by atoms with van der Waals surface area (Å²) in [5.74, 6) is 3.77. The van der Waals surface area contributed by atoms with Crippen molar-refractivity contribution >= 4 is 9.84 Å². The number of hydrogen-bond donors (Lipinski definition) is 2. The number of benzene rings is 1. The Labute approximate surface area is 244 Å². The van der Waals surface area contributed by atoms with Crippen LogP contribution in [0.15, 0.2) is 35.2 Å². The van der Waals surface area contributed by atoms with Crippen molar-refractivity contribution in [3.8, 4) is 0 Å². The summed E-state index contributed by atoms with van der Waals surface area (Å²) in [5, 5.41) is 21.1. The first-order valence-corrected chi connectivity index (χ1v) is 17.9. The summed E-state index contributed by atoms with van der Waals surface area (Å²) in [5.41, 5.74) is 0.132. The van der Waals surface area contributed by atoms with Gasteiger partial charge in [0, 0.05) is 0 Å². The molecule has 4 nitrogen and oxygen atoms in total. The molecule has 5 heteroatoms. The molecule has 4 aliphatic carbocycles. The van der Waals surface area contributed by atoms with Crippen LogP contribution in [0, 0.1) is 52.3 Å². The molecule has 226 valence electrons. The van der Waals surface area contributed by atoms with Gasteiger partial charge in [-0.1, -0.05) is 52.8 Å². The van der Waals surface area contributed by atoms with Crippen LogP contribution in [-0.4, -0.2) is 35.6 Å². The molecule has 2 N–H and O–H groups in total. The molecule has 4 fully saturated rings. The van der Waals surface area contributed by atoms with Gasteiger partial charge in [-0.25, -0.2) is 8.42 Å². The number of hydrogen-bond acceptors (Lipinski definition) is 4. The maximum Gasteiger partial charge on any atom is 0.181 e. The highest BCUT2D eigenvalue weighted by Crippen LogP contribution is 2.69. The Balaban J connectivity index is 1.35. The maximum atomic E-state index is 13.9. The molecule has 4 aliphatic rings. The van der Waals surface area contributed by atoms with Gasteiger partial charge in [0.1, 0.15) is 0 Å². The highest BCUT2D eigenvalue weighted by atomic mass is 32.2. The number of sulfone groups is 1. The fraction of sp³-hybridized carbons (Fsp3) is 0.829. The Morgan fingerprint density at radius 1 is 0.850 bits per heavy atom. The second-order valence-electron chi connectivity index (χ2n) is 15.8. The quantitative estimate of drug-likeness (QED) is 0.335. The van der Waals surface area contributed by atoms with Gasteiger partial charge in [-0.3, -0.25) is 0 Å². The highest BCUT2D eigenvalue weighted by molar-refractivity contribution is 7.92. The molecule has 0 aliphatic heterocycles. The van der Waals surface area contributed by atoms with E-state index in [0.29, 0.717) is 40.9 Å². The Hall–Kier alpha value is -0.910. The van der Waals surface area contributed by atoms with Gasteiger partial charge in [0.2, 0.25) is 0 Å². The highest BCUT2D eigenvalue weighted by Gasteiger charge is 2.61. The van der Waals surface area contributed by atoms with E-state index in [1.807, 2.05) is 26.8 Å². The molecule has 0 amide bonds. The summed E-state index contributed by atoms with van der Waals surface area (Å²) in [6, 6.07) is 8.89. The van der Waals surface area contributed by atoms with Crippen LogP contribution in [-0.2, 0) is 9.84 Å². The van der Waals surface area contributed by atoms with Crippen molar-refractivity contribution in [2.75, 3.05) is 0 Å². The van der Waals surface area contributed by atoms with E-state index in [0.717, 1.165) is 37.0 Å². The Morgan fingerprint density at radius 3 is 2.20 bits per heavy atom. The van der Waals surface area contributed by atoms with Gasteiger partial charge in [0.15, 0.2) is 9.84 Å². The van der Waals surface area contributed by atoms with Gasteiger partial charge in [-0.05, 0) is 142 Å². The predicted molar refractivity (Wildman–Crippen MR) is 162 cm³/mol. The van der Waals surface area contributed by atoms with Crippen molar-refractivity contribution in [3.63, 3.8) is 0 Å². The first-order valence-electron chi connectivity index (χ1n) is 16.4. The lowest BCUT2D eigenvalue weighted by Gasteiger charge is -2.62. The lowest BCUT2D eigenvalue weighted by molar-refractivity contribution is -0.148. The molecule has 0 saturated heterocycles. The first-order chi connectivity index (χ1) is 18.7. The molecule has 1 aromatic rings. The van der Waals surface area contributed by atoms with Crippen LogP contribution in [0.5, 0.6) is 0 Å². The van der Waals surface area contributed by atoms with Gasteiger partial charge in [0.05, 0.1) is 21.9 Å². The summed E-state index contributed by atoms with van der Waals surface area (Å²) in [4.78, 5) is 0.385. The van der Waals surface area contributed by atoms with Gasteiger partial charge < -0.3 is 10.2 Å². The Bertz CT molecular complexity index is 1130. The zero-order valence-electron chi connectivity index (χ0n) is 26.0. The number of aliphatic hydroxyl groups is 2. The van der Waals surface area contributed by atoms with Crippen LogP contribution in [0.4, 0.5) is 0 Å². The van der Waals surface area contributed by atoms with Gasteiger partial charge in [0.25, 0.3) is 0 Å². The monoisotopic (exact) mass is 572 g/mol. The summed E-state index contributed by atoms with van der Waals surface area (Å²) in [6.45, 7) is 13.4. The molecule has 11 atom stereocenters. The van der Waals surface area contributed by atoms with E-state index in [1.54, 1.807) is 24.3 Å². The average Bonchev–Trinajstić information content (AvgIpc) is 3.26. The van der Waals surface area contributed by atoms with Gasteiger partial charge in [-0.15, -0.1) is 0 Å². The van der Waals surface area contributed by atoms with Crippen LogP contribution in [0.3, 0.4) is 0 Å². The van der Waals surface area contributed by atoms with Crippen LogP contribution in [0.25, 0.3) is 0 Å². The second kappa shape index (κ2) is 11.0. The van der Waals surface area contributed by atoms with E-state index < -0.39 is 26.8 Å². The summed E-state index contributed by atoms with van der Waals surface area (Å²) in [7, 11) is -3.53. The molecule has 4 saturated carbocycles. The minimum atomic E-state index is -3.53. The summed E-state index contributed by atoms with van der Waals surface area (Å²) >= 11 is 0. The molecule has 0 heterocycles. The molecule has 40 heavy (non-hydrogen) atoms. The number of rotatable bonds is 8. The zero-order valence-corrected chi connectivity index (χ0v) is 26.8. The molecular formula is C35H56O4S. The van der Waals surface area contributed by atoms with Crippen LogP contribution in [0.1, 0.15) is 112 Å². The van der Waals surface area contributed by atoms with Crippen LogP contribution in [0.2, 0.25) is 0 Å². The third kappa shape index (κ3) is 5.34. The largest absolute Gasteiger partial charge is 0.393 e. The SMILES string of the molecule is CC(C)[C@H](O)CC(C[C@@H](C)[C@H]1CC[C@H]2[C@@H]3CC[C@H]4C[C@@](C)(O)CC[C@]4(C)[C@H]3CC[C@]12C)S(=O)(=O)c1ccccc1. The number of aliphatic hydroxyl groups excluding tert-OH is 1. The minimum Gasteiger partial charge on any atom is -0.393 e.